The topological polar surface area (TPSA) is 25.8 Å². The van der Waals surface area contributed by atoms with E-state index in [0.717, 1.165) is 23.8 Å². The smallest absolute Gasteiger partial charge is 0.205 e. The summed E-state index contributed by atoms with van der Waals surface area (Å²) in [6.45, 7) is 4.54. The van der Waals surface area contributed by atoms with E-state index in [2.05, 4.69) is 59.9 Å². The van der Waals surface area contributed by atoms with E-state index >= 15 is 0 Å². The number of nitrogens with zero attached hydrogens (tertiary/aromatic N) is 2. The van der Waals surface area contributed by atoms with Crippen molar-refractivity contribution in [3.8, 4) is 11.8 Å². The maximum absolute atomic E-state index is 4.42. The van der Waals surface area contributed by atoms with Gasteiger partial charge in [0.15, 0.2) is 0 Å². The number of benzene rings is 1. The molecule has 0 N–H and O–H groups in total. The summed E-state index contributed by atoms with van der Waals surface area (Å²) in [4.78, 5) is 8.84. The number of unbranched alkanes of at least 4 members (excludes halogenated alkanes) is 3. The molecule has 2 heteroatoms. The van der Waals surface area contributed by atoms with E-state index in [4.69, 9.17) is 0 Å². The number of aryl methyl sites for hydroxylation is 1. The fourth-order valence-corrected chi connectivity index (χ4v) is 4.46. The Bertz CT molecular complexity index is 772. The van der Waals surface area contributed by atoms with Gasteiger partial charge >= 0.3 is 0 Å². The molecule has 154 valence electrons. The Kier molecular flexibility index (Phi) is 8.75. The lowest BCUT2D eigenvalue weighted by atomic mass is 9.77. The van der Waals surface area contributed by atoms with Gasteiger partial charge < -0.3 is 0 Å². The van der Waals surface area contributed by atoms with Gasteiger partial charge in [0, 0.05) is 18.0 Å². The fraction of sp³-hybridized carbons (Fsp3) is 0.556. The van der Waals surface area contributed by atoms with Crippen molar-refractivity contribution in [1.29, 1.82) is 0 Å². The Balaban J connectivity index is 1.51. The molecule has 1 heterocycles. The number of rotatable bonds is 8. The SMILES string of the molecule is CCCCCCc1cnc(C#Cc2ccc([C@H]3CC[C@H](CCC)CC3)cc2)nc1. The molecule has 1 aliphatic carbocycles. The second-order valence-corrected chi connectivity index (χ2v) is 8.60. The zero-order valence-electron chi connectivity index (χ0n) is 18.3. The number of hydrogen-bond acceptors (Lipinski definition) is 2. The zero-order chi connectivity index (χ0) is 20.3. The molecular formula is C27H36N2. The van der Waals surface area contributed by atoms with Gasteiger partial charge in [-0.1, -0.05) is 64.0 Å². The van der Waals surface area contributed by atoms with Crippen LogP contribution in [0.5, 0.6) is 0 Å². The van der Waals surface area contributed by atoms with E-state index in [0.29, 0.717) is 5.82 Å². The highest BCUT2D eigenvalue weighted by Crippen LogP contribution is 2.37. The van der Waals surface area contributed by atoms with Crippen molar-refractivity contribution in [3.63, 3.8) is 0 Å². The Morgan fingerprint density at radius 1 is 0.828 bits per heavy atom. The van der Waals surface area contributed by atoms with Gasteiger partial charge in [-0.2, -0.15) is 0 Å². The third kappa shape index (κ3) is 7.00. The van der Waals surface area contributed by atoms with Gasteiger partial charge in [0.2, 0.25) is 5.82 Å². The van der Waals surface area contributed by atoms with Gasteiger partial charge in [0.25, 0.3) is 0 Å². The van der Waals surface area contributed by atoms with Crippen LogP contribution < -0.4 is 0 Å². The van der Waals surface area contributed by atoms with E-state index in [1.807, 2.05) is 12.4 Å². The van der Waals surface area contributed by atoms with Crippen LogP contribution in [0.2, 0.25) is 0 Å². The van der Waals surface area contributed by atoms with Crippen molar-refractivity contribution < 1.29 is 0 Å². The summed E-state index contributed by atoms with van der Waals surface area (Å²) in [5.41, 5.74) is 3.74. The molecule has 1 aromatic heterocycles. The van der Waals surface area contributed by atoms with E-state index in [-0.39, 0.29) is 0 Å². The summed E-state index contributed by atoms with van der Waals surface area (Å²) in [5, 5.41) is 0. The van der Waals surface area contributed by atoms with Gasteiger partial charge in [-0.3, -0.25) is 0 Å². The van der Waals surface area contributed by atoms with Crippen LogP contribution in [0.3, 0.4) is 0 Å². The van der Waals surface area contributed by atoms with Crippen LogP contribution in [0.15, 0.2) is 36.7 Å². The summed E-state index contributed by atoms with van der Waals surface area (Å²) in [5.74, 6) is 8.64. The molecule has 0 radical (unpaired) electrons. The quantitative estimate of drug-likeness (QED) is 0.357. The van der Waals surface area contributed by atoms with Crippen LogP contribution in [-0.2, 0) is 6.42 Å². The third-order valence-corrected chi connectivity index (χ3v) is 6.27. The molecule has 0 saturated heterocycles. The first-order valence-corrected chi connectivity index (χ1v) is 11.7. The summed E-state index contributed by atoms with van der Waals surface area (Å²) < 4.78 is 0. The number of hydrogen-bond donors (Lipinski definition) is 0. The molecular weight excluding hydrogens is 352 g/mol. The minimum Gasteiger partial charge on any atom is -0.229 e. The molecule has 0 atom stereocenters. The molecule has 1 aliphatic rings. The first-order valence-electron chi connectivity index (χ1n) is 11.7. The molecule has 2 aromatic rings. The fourth-order valence-electron chi connectivity index (χ4n) is 4.46. The largest absolute Gasteiger partial charge is 0.229 e. The van der Waals surface area contributed by atoms with Gasteiger partial charge in [-0.05, 0) is 79.5 Å². The highest BCUT2D eigenvalue weighted by atomic mass is 14.8. The van der Waals surface area contributed by atoms with Crippen LogP contribution >= 0.6 is 0 Å². The Morgan fingerprint density at radius 3 is 2.21 bits per heavy atom. The highest BCUT2D eigenvalue weighted by Gasteiger charge is 2.21. The first kappa shape index (κ1) is 21.6. The normalized spacial score (nSPS) is 18.8. The minimum atomic E-state index is 0.612. The zero-order valence-corrected chi connectivity index (χ0v) is 18.3. The molecule has 0 spiro atoms. The predicted molar refractivity (Wildman–Crippen MR) is 122 cm³/mol. The van der Waals surface area contributed by atoms with Gasteiger partial charge in [0.05, 0.1) is 0 Å². The van der Waals surface area contributed by atoms with Gasteiger partial charge in [0.1, 0.15) is 0 Å². The predicted octanol–water partition coefficient (Wildman–Crippen LogP) is 7.07. The molecule has 0 amide bonds. The Morgan fingerprint density at radius 2 is 1.55 bits per heavy atom. The lowest BCUT2D eigenvalue weighted by Crippen LogP contribution is -2.13. The van der Waals surface area contributed by atoms with Crippen LogP contribution in [-0.4, -0.2) is 9.97 Å². The summed E-state index contributed by atoms with van der Waals surface area (Å²) in [6.07, 6.45) is 18.2. The summed E-state index contributed by atoms with van der Waals surface area (Å²) in [7, 11) is 0. The Hall–Kier alpha value is -2.14. The molecule has 1 fully saturated rings. The van der Waals surface area contributed by atoms with Crippen LogP contribution in [0.4, 0.5) is 0 Å². The Labute approximate surface area is 177 Å². The molecule has 29 heavy (non-hydrogen) atoms. The second-order valence-electron chi connectivity index (χ2n) is 8.60. The monoisotopic (exact) mass is 388 g/mol. The third-order valence-electron chi connectivity index (χ3n) is 6.27. The van der Waals surface area contributed by atoms with Crippen LogP contribution in [0.1, 0.15) is 106 Å². The van der Waals surface area contributed by atoms with Crippen molar-refractivity contribution in [2.75, 3.05) is 0 Å². The van der Waals surface area contributed by atoms with Crippen molar-refractivity contribution in [1.82, 2.24) is 9.97 Å². The van der Waals surface area contributed by atoms with Crippen molar-refractivity contribution in [2.45, 2.75) is 90.4 Å². The summed E-state index contributed by atoms with van der Waals surface area (Å²) in [6, 6.07) is 8.86. The minimum absolute atomic E-state index is 0.612. The molecule has 3 rings (SSSR count). The van der Waals surface area contributed by atoms with Gasteiger partial charge in [-0.15, -0.1) is 0 Å². The molecule has 0 unspecified atom stereocenters. The molecule has 1 saturated carbocycles. The molecule has 0 aliphatic heterocycles. The van der Waals surface area contributed by atoms with E-state index in [1.54, 1.807) is 0 Å². The highest BCUT2D eigenvalue weighted by molar-refractivity contribution is 5.40. The van der Waals surface area contributed by atoms with E-state index in [1.165, 1.54) is 75.3 Å². The molecule has 1 aromatic carbocycles. The van der Waals surface area contributed by atoms with Crippen molar-refractivity contribution >= 4 is 0 Å². The number of aromatic nitrogens is 2. The maximum Gasteiger partial charge on any atom is 0.205 e. The average molecular weight is 389 g/mol. The van der Waals surface area contributed by atoms with E-state index < -0.39 is 0 Å². The van der Waals surface area contributed by atoms with Gasteiger partial charge in [-0.25, -0.2) is 9.97 Å². The van der Waals surface area contributed by atoms with Crippen LogP contribution in [0.25, 0.3) is 0 Å². The standard InChI is InChI=1S/C27H36N2/c1-3-5-6-7-9-24-20-28-27(29-21-24)19-14-23-12-17-26(18-13-23)25-15-10-22(8-4-2)11-16-25/h12-13,17-18,20-22,25H,3-11,15-16H2,1-2H3/t22-,25-. The van der Waals surface area contributed by atoms with Crippen molar-refractivity contribution in [3.05, 3.63) is 59.2 Å². The molecule has 0 bridgehead atoms. The van der Waals surface area contributed by atoms with Crippen LogP contribution in [0, 0.1) is 17.8 Å². The summed E-state index contributed by atoms with van der Waals surface area (Å²) >= 11 is 0. The lowest BCUT2D eigenvalue weighted by Gasteiger charge is -2.28. The van der Waals surface area contributed by atoms with E-state index in [9.17, 15) is 0 Å². The molecule has 2 nitrogen and oxygen atoms in total. The van der Waals surface area contributed by atoms with Crippen molar-refractivity contribution in [2.24, 2.45) is 5.92 Å². The first-order chi connectivity index (χ1) is 14.3. The average Bonchev–Trinajstić information content (AvgIpc) is 2.77. The second kappa shape index (κ2) is 11.8. The maximum atomic E-state index is 4.42. The lowest BCUT2D eigenvalue weighted by molar-refractivity contribution is 0.308.